The van der Waals surface area contributed by atoms with Gasteiger partial charge in [-0.3, -0.25) is 9.71 Å². The monoisotopic (exact) mass is 366 g/mol. The first-order valence-electron chi connectivity index (χ1n) is 6.37. The van der Waals surface area contributed by atoms with Crippen LogP contribution in [0.4, 0.5) is 0 Å². The number of hydrogen-bond acceptors (Lipinski definition) is 3. The van der Waals surface area contributed by atoms with Crippen LogP contribution >= 0.6 is 15.9 Å². The summed E-state index contributed by atoms with van der Waals surface area (Å²) in [6, 6.07) is 17.4. The van der Waals surface area contributed by atoms with Crippen molar-refractivity contribution in [3.8, 4) is 0 Å². The number of nitrogens with zero attached hydrogens (tertiary/aromatic N) is 1. The number of sulfonamides is 1. The zero-order valence-corrected chi connectivity index (χ0v) is 13.6. The van der Waals surface area contributed by atoms with E-state index in [1.165, 1.54) is 0 Å². The number of alkyl halides is 1. The summed E-state index contributed by atoms with van der Waals surface area (Å²) in [5.41, 5.74) is 0.734. The van der Waals surface area contributed by atoms with Gasteiger partial charge >= 0.3 is 0 Å². The van der Waals surface area contributed by atoms with Crippen molar-refractivity contribution in [1.29, 1.82) is 0 Å². The second kappa shape index (κ2) is 7.38. The van der Waals surface area contributed by atoms with Crippen LogP contribution in [-0.2, 0) is 10.0 Å². The highest BCUT2D eigenvalue weighted by molar-refractivity contribution is 9.09. The normalized spacial score (nSPS) is 12.1. The lowest BCUT2D eigenvalue weighted by molar-refractivity contribution is 0.592. The molecule has 21 heavy (non-hydrogen) atoms. The molecule has 0 spiro atoms. The predicted octanol–water partition coefficient (Wildman–Crippen LogP) is 2.81. The SMILES string of the molecule is O=S(=O)(NC(=NCCBr)c1ccccc1)c1ccccc1. The lowest BCUT2D eigenvalue weighted by Gasteiger charge is -2.11. The van der Waals surface area contributed by atoms with Gasteiger partial charge in [0.25, 0.3) is 10.0 Å². The summed E-state index contributed by atoms with van der Waals surface area (Å²) >= 11 is 3.29. The smallest absolute Gasteiger partial charge is 0.263 e. The molecule has 110 valence electrons. The van der Waals surface area contributed by atoms with Gasteiger partial charge in [0.1, 0.15) is 5.84 Å². The minimum Gasteiger partial charge on any atom is -0.266 e. The van der Waals surface area contributed by atoms with Crippen molar-refractivity contribution in [2.24, 2.45) is 4.99 Å². The Kier molecular flexibility index (Phi) is 5.52. The van der Waals surface area contributed by atoms with Crippen LogP contribution in [-0.4, -0.2) is 26.1 Å². The number of hydrogen-bond donors (Lipinski definition) is 1. The van der Waals surface area contributed by atoms with Gasteiger partial charge < -0.3 is 0 Å². The molecule has 2 rings (SSSR count). The summed E-state index contributed by atoms with van der Waals surface area (Å²) in [4.78, 5) is 4.52. The first-order chi connectivity index (χ1) is 10.1. The van der Waals surface area contributed by atoms with E-state index in [4.69, 9.17) is 0 Å². The van der Waals surface area contributed by atoms with E-state index in [1.807, 2.05) is 30.3 Å². The molecule has 0 saturated carbocycles. The Morgan fingerprint density at radius 2 is 1.57 bits per heavy atom. The maximum Gasteiger partial charge on any atom is 0.263 e. The topological polar surface area (TPSA) is 58.5 Å². The van der Waals surface area contributed by atoms with E-state index in [0.29, 0.717) is 17.7 Å². The Balaban J connectivity index is 2.32. The first kappa shape index (κ1) is 15.7. The molecule has 2 aromatic rings. The molecular weight excluding hydrogens is 352 g/mol. The van der Waals surface area contributed by atoms with Crippen LogP contribution in [0.2, 0.25) is 0 Å². The number of rotatable bonds is 5. The zero-order valence-electron chi connectivity index (χ0n) is 11.2. The highest BCUT2D eigenvalue weighted by Crippen LogP contribution is 2.09. The lowest BCUT2D eigenvalue weighted by Crippen LogP contribution is -2.31. The van der Waals surface area contributed by atoms with Crippen LogP contribution in [0.3, 0.4) is 0 Å². The van der Waals surface area contributed by atoms with Crippen molar-refractivity contribution in [3.05, 3.63) is 66.2 Å². The van der Waals surface area contributed by atoms with Gasteiger partial charge in [0.2, 0.25) is 0 Å². The van der Waals surface area contributed by atoms with Gasteiger partial charge in [-0.1, -0.05) is 64.5 Å². The maximum absolute atomic E-state index is 12.4. The summed E-state index contributed by atoms with van der Waals surface area (Å²) < 4.78 is 27.3. The van der Waals surface area contributed by atoms with Crippen molar-refractivity contribution in [2.75, 3.05) is 11.9 Å². The molecule has 0 bridgehead atoms. The molecule has 0 saturated heterocycles. The standard InChI is InChI=1S/C15H15BrN2O2S/c16-11-12-17-15(13-7-3-1-4-8-13)18-21(19,20)14-9-5-2-6-10-14/h1-10H,11-12H2,(H,17,18). The number of benzene rings is 2. The van der Waals surface area contributed by atoms with Crippen LogP contribution in [0, 0.1) is 0 Å². The summed E-state index contributed by atoms with van der Waals surface area (Å²) in [6.45, 7) is 0.488. The molecule has 0 unspecified atom stereocenters. The third-order valence-electron chi connectivity index (χ3n) is 2.69. The van der Waals surface area contributed by atoms with E-state index in [9.17, 15) is 8.42 Å². The van der Waals surface area contributed by atoms with Gasteiger partial charge in [0.15, 0.2) is 0 Å². The molecule has 0 radical (unpaired) electrons. The van der Waals surface area contributed by atoms with E-state index in [2.05, 4.69) is 25.6 Å². The summed E-state index contributed by atoms with van der Waals surface area (Å²) in [7, 11) is -3.63. The Morgan fingerprint density at radius 1 is 1.00 bits per heavy atom. The van der Waals surface area contributed by atoms with E-state index < -0.39 is 10.0 Å². The third kappa shape index (κ3) is 4.41. The molecule has 0 aliphatic carbocycles. The fourth-order valence-electron chi connectivity index (χ4n) is 1.72. The minimum absolute atomic E-state index is 0.215. The Morgan fingerprint density at radius 3 is 2.14 bits per heavy atom. The molecule has 0 aliphatic heterocycles. The molecule has 0 atom stereocenters. The Bertz CT molecular complexity index is 701. The van der Waals surface area contributed by atoms with Crippen molar-refractivity contribution < 1.29 is 8.42 Å². The van der Waals surface area contributed by atoms with Gasteiger partial charge in [-0.2, -0.15) is 0 Å². The summed E-state index contributed by atoms with van der Waals surface area (Å²) in [6.07, 6.45) is 0. The average Bonchev–Trinajstić information content (AvgIpc) is 2.53. The highest BCUT2D eigenvalue weighted by Gasteiger charge is 2.16. The molecule has 2 aromatic carbocycles. The van der Waals surface area contributed by atoms with Crippen molar-refractivity contribution in [1.82, 2.24) is 4.72 Å². The number of aliphatic imine (C=N–C) groups is 1. The van der Waals surface area contributed by atoms with Crippen LogP contribution in [0.5, 0.6) is 0 Å². The first-order valence-corrected chi connectivity index (χ1v) is 8.97. The van der Waals surface area contributed by atoms with Crippen LogP contribution in [0.15, 0.2) is 70.6 Å². The van der Waals surface area contributed by atoms with Gasteiger partial charge in [-0.15, -0.1) is 0 Å². The van der Waals surface area contributed by atoms with Crippen molar-refractivity contribution in [3.63, 3.8) is 0 Å². The van der Waals surface area contributed by atoms with E-state index in [1.54, 1.807) is 30.3 Å². The zero-order chi connectivity index (χ0) is 15.1. The number of nitrogens with one attached hydrogen (secondary N) is 1. The maximum atomic E-state index is 12.4. The fourth-order valence-corrected chi connectivity index (χ4v) is 2.97. The number of amidine groups is 1. The van der Waals surface area contributed by atoms with E-state index in [0.717, 1.165) is 5.56 Å². The minimum atomic E-state index is -3.63. The molecule has 0 fully saturated rings. The molecule has 0 heterocycles. The average molecular weight is 367 g/mol. The van der Waals surface area contributed by atoms with Crippen LogP contribution < -0.4 is 4.72 Å². The largest absolute Gasteiger partial charge is 0.266 e. The third-order valence-corrected chi connectivity index (χ3v) is 4.40. The molecule has 0 aliphatic rings. The summed E-state index contributed by atoms with van der Waals surface area (Å²) in [5.74, 6) is 0.346. The second-order valence-corrected chi connectivity index (χ2v) is 6.68. The van der Waals surface area contributed by atoms with Crippen molar-refractivity contribution >= 4 is 31.8 Å². The molecule has 1 N–H and O–H groups in total. The molecule has 0 aromatic heterocycles. The van der Waals surface area contributed by atoms with Crippen LogP contribution in [0.1, 0.15) is 5.56 Å². The lowest BCUT2D eigenvalue weighted by atomic mass is 10.2. The Labute approximate surface area is 133 Å². The number of halogens is 1. The quantitative estimate of drug-likeness (QED) is 0.502. The van der Waals surface area contributed by atoms with Crippen LogP contribution in [0.25, 0.3) is 0 Å². The van der Waals surface area contributed by atoms with Gasteiger partial charge in [0.05, 0.1) is 11.4 Å². The van der Waals surface area contributed by atoms with E-state index >= 15 is 0 Å². The van der Waals surface area contributed by atoms with Gasteiger partial charge in [-0.05, 0) is 12.1 Å². The predicted molar refractivity (Wildman–Crippen MR) is 88.4 cm³/mol. The van der Waals surface area contributed by atoms with Gasteiger partial charge in [-0.25, -0.2) is 8.42 Å². The Hall–Kier alpha value is -1.66. The molecule has 4 nitrogen and oxygen atoms in total. The summed E-state index contributed by atoms with van der Waals surface area (Å²) in [5, 5.41) is 0.663. The highest BCUT2D eigenvalue weighted by atomic mass is 79.9. The van der Waals surface area contributed by atoms with Gasteiger partial charge in [0, 0.05) is 10.9 Å². The second-order valence-electron chi connectivity index (χ2n) is 4.20. The van der Waals surface area contributed by atoms with E-state index in [-0.39, 0.29) is 4.90 Å². The fraction of sp³-hybridized carbons (Fsp3) is 0.133. The van der Waals surface area contributed by atoms with Crippen molar-refractivity contribution in [2.45, 2.75) is 4.90 Å². The molecular formula is C15H15BrN2O2S. The molecule has 0 amide bonds. The molecule has 6 heteroatoms.